The van der Waals surface area contributed by atoms with Gasteiger partial charge in [0.25, 0.3) is 5.91 Å². The number of anilines is 1. The summed E-state index contributed by atoms with van der Waals surface area (Å²) in [6.07, 6.45) is 1.50. The SMILES string of the molecule is CC(Oc1ccc(C(C)(C)C)cc1)C(=O)NCc1cccc(NC(=O)N2CCCC2)c1. The van der Waals surface area contributed by atoms with Crippen molar-refractivity contribution in [1.82, 2.24) is 10.2 Å². The van der Waals surface area contributed by atoms with Crippen LogP contribution in [0.25, 0.3) is 0 Å². The molecule has 3 amide bonds. The van der Waals surface area contributed by atoms with Crippen molar-refractivity contribution in [2.24, 2.45) is 0 Å². The van der Waals surface area contributed by atoms with Gasteiger partial charge in [-0.1, -0.05) is 45.0 Å². The lowest BCUT2D eigenvalue weighted by Gasteiger charge is -2.20. The van der Waals surface area contributed by atoms with Crippen molar-refractivity contribution in [2.45, 2.75) is 58.6 Å². The van der Waals surface area contributed by atoms with Crippen LogP contribution in [0.1, 0.15) is 51.7 Å². The average Bonchev–Trinajstić information content (AvgIpc) is 3.27. The molecule has 0 saturated carbocycles. The molecule has 1 aliphatic heterocycles. The molecule has 1 fully saturated rings. The number of ether oxygens (including phenoxy) is 1. The van der Waals surface area contributed by atoms with Crippen molar-refractivity contribution < 1.29 is 14.3 Å². The highest BCUT2D eigenvalue weighted by Gasteiger charge is 2.18. The summed E-state index contributed by atoms with van der Waals surface area (Å²) in [5, 5.41) is 5.84. The van der Waals surface area contributed by atoms with Crippen LogP contribution in [0.15, 0.2) is 48.5 Å². The molecular weight excluding hydrogens is 390 g/mol. The molecule has 2 N–H and O–H groups in total. The van der Waals surface area contributed by atoms with E-state index >= 15 is 0 Å². The molecule has 6 heteroatoms. The van der Waals surface area contributed by atoms with Gasteiger partial charge in [0.05, 0.1) is 0 Å². The number of benzene rings is 2. The number of hydrogen-bond donors (Lipinski definition) is 2. The lowest BCUT2D eigenvalue weighted by molar-refractivity contribution is -0.127. The van der Waals surface area contributed by atoms with E-state index in [4.69, 9.17) is 4.74 Å². The molecule has 1 saturated heterocycles. The molecule has 1 unspecified atom stereocenters. The van der Waals surface area contributed by atoms with Crippen LogP contribution in [0.4, 0.5) is 10.5 Å². The van der Waals surface area contributed by atoms with Gasteiger partial charge in [-0.2, -0.15) is 0 Å². The Hall–Kier alpha value is -3.02. The van der Waals surface area contributed by atoms with Crippen LogP contribution in [0, 0.1) is 0 Å². The normalized spacial score (nSPS) is 14.8. The van der Waals surface area contributed by atoms with E-state index in [1.165, 1.54) is 5.56 Å². The van der Waals surface area contributed by atoms with E-state index in [2.05, 4.69) is 31.4 Å². The summed E-state index contributed by atoms with van der Waals surface area (Å²) in [6.45, 7) is 10.2. The molecule has 1 heterocycles. The highest BCUT2D eigenvalue weighted by molar-refractivity contribution is 5.89. The second-order valence-corrected chi connectivity index (χ2v) is 9.08. The highest BCUT2D eigenvalue weighted by Crippen LogP contribution is 2.24. The third-order valence-corrected chi connectivity index (χ3v) is 5.44. The summed E-state index contributed by atoms with van der Waals surface area (Å²) in [4.78, 5) is 26.6. The quantitative estimate of drug-likeness (QED) is 0.708. The Balaban J connectivity index is 1.50. The van der Waals surface area contributed by atoms with Gasteiger partial charge < -0.3 is 20.3 Å². The number of amides is 3. The summed E-state index contributed by atoms with van der Waals surface area (Å²) in [5.74, 6) is 0.480. The van der Waals surface area contributed by atoms with Crippen LogP contribution in [0.2, 0.25) is 0 Å². The fourth-order valence-electron chi connectivity index (χ4n) is 3.51. The van der Waals surface area contributed by atoms with Gasteiger partial charge in [0.2, 0.25) is 0 Å². The second kappa shape index (κ2) is 9.86. The Kier molecular flexibility index (Phi) is 7.21. The first kappa shape index (κ1) is 22.7. The Bertz CT molecular complexity index is 897. The fraction of sp³-hybridized carbons (Fsp3) is 0.440. The number of nitrogens with zero attached hydrogens (tertiary/aromatic N) is 1. The average molecular weight is 424 g/mol. The minimum Gasteiger partial charge on any atom is -0.481 e. The van der Waals surface area contributed by atoms with Gasteiger partial charge in [-0.3, -0.25) is 4.79 Å². The van der Waals surface area contributed by atoms with Crippen molar-refractivity contribution >= 4 is 17.6 Å². The summed E-state index contributed by atoms with van der Waals surface area (Å²) >= 11 is 0. The van der Waals surface area contributed by atoms with Crippen LogP contribution in [-0.4, -0.2) is 36.0 Å². The largest absolute Gasteiger partial charge is 0.481 e. The number of carbonyl (C=O) groups excluding carboxylic acids is 2. The Morgan fingerprint density at radius 3 is 2.39 bits per heavy atom. The van der Waals surface area contributed by atoms with Gasteiger partial charge in [-0.05, 0) is 60.6 Å². The summed E-state index contributed by atoms with van der Waals surface area (Å²) < 4.78 is 5.79. The smallest absolute Gasteiger partial charge is 0.321 e. The second-order valence-electron chi connectivity index (χ2n) is 9.08. The highest BCUT2D eigenvalue weighted by atomic mass is 16.5. The Morgan fingerprint density at radius 2 is 1.74 bits per heavy atom. The first-order valence-electron chi connectivity index (χ1n) is 10.9. The molecule has 2 aromatic rings. The molecule has 1 aliphatic rings. The monoisotopic (exact) mass is 423 g/mol. The van der Waals surface area contributed by atoms with Crippen LogP contribution < -0.4 is 15.4 Å². The van der Waals surface area contributed by atoms with E-state index in [-0.39, 0.29) is 17.4 Å². The third-order valence-electron chi connectivity index (χ3n) is 5.44. The van der Waals surface area contributed by atoms with Crippen LogP contribution >= 0.6 is 0 Å². The number of hydrogen-bond acceptors (Lipinski definition) is 3. The van der Waals surface area contributed by atoms with Gasteiger partial charge in [0.1, 0.15) is 5.75 Å². The molecule has 0 spiro atoms. The molecule has 166 valence electrons. The van der Waals surface area contributed by atoms with Gasteiger partial charge >= 0.3 is 6.03 Å². The van der Waals surface area contributed by atoms with Gasteiger partial charge in [-0.15, -0.1) is 0 Å². The van der Waals surface area contributed by atoms with Crippen molar-refractivity contribution in [1.29, 1.82) is 0 Å². The van der Waals surface area contributed by atoms with Gasteiger partial charge in [-0.25, -0.2) is 4.79 Å². The molecule has 31 heavy (non-hydrogen) atoms. The van der Waals surface area contributed by atoms with Crippen molar-refractivity contribution in [2.75, 3.05) is 18.4 Å². The zero-order valence-corrected chi connectivity index (χ0v) is 18.9. The van der Waals surface area contributed by atoms with Gasteiger partial charge in [0, 0.05) is 25.3 Å². The predicted octanol–water partition coefficient (Wildman–Crippen LogP) is 4.70. The summed E-state index contributed by atoms with van der Waals surface area (Å²) in [5.41, 5.74) is 2.93. The number of likely N-dealkylation sites (tertiary alicyclic amines) is 1. The minimum atomic E-state index is -0.612. The zero-order valence-electron chi connectivity index (χ0n) is 18.9. The topological polar surface area (TPSA) is 70.7 Å². The number of carbonyl (C=O) groups is 2. The van der Waals surface area contributed by atoms with Crippen molar-refractivity contribution in [3.63, 3.8) is 0 Å². The Morgan fingerprint density at radius 1 is 1.06 bits per heavy atom. The molecule has 6 nitrogen and oxygen atoms in total. The first-order chi connectivity index (χ1) is 14.7. The molecule has 1 atom stereocenters. The summed E-state index contributed by atoms with van der Waals surface area (Å²) in [7, 11) is 0. The van der Waals surface area contributed by atoms with Crippen molar-refractivity contribution in [3.8, 4) is 5.75 Å². The molecule has 2 aromatic carbocycles. The van der Waals surface area contributed by atoms with E-state index in [1.54, 1.807) is 6.92 Å². The van der Waals surface area contributed by atoms with E-state index in [9.17, 15) is 9.59 Å². The van der Waals surface area contributed by atoms with Crippen molar-refractivity contribution in [3.05, 3.63) is 59.7 Å². The summed E-state index contributed by atoms with van der Waals surface area (Å²) in [6, 6.07) is 15.3. The predicted molar refractivity (Wildman–Crippen MR) is 123 cm³/mol. The Labute approximate surface area is 185 Å². The maximum Gasteiger partial charge on any atom is 0.321 e. The molecule has 0 bridgehead atoms. The van der Waals surface area contributed by atoms with E-state index in [0.29, 0.717) is 12.3 Å². The molecule has 3 rings (SSSR count). The standard InChI is InChI=1S/C25H33N3O3/c1-18(31-22-12-10-20(11-13-22)25(2,3)4)23(29)26-17-19-8-7-9-21(16-19)27-24(30)28-14-5-6-15-28/h7-13,16,18H,5-6,14-15,17H2,1-4H3,(H,26,29)(H,27,30). The van der Waals surface area contributed by atoms with Crippen LogP contribution in [0.5, 0.6) is 5.75 Å². The van der Waals surface area contributed by atoms with Crippen LogP contribution in [-0.2, 0) is 16.8 Å². The number of urea groups is 1. The third kappa shape index (κ3) is 6.48. The maximum absolute atomic E-state index is 12.5. The first-order valence-corrected chi connectivity index (χ1v) is 10.9. The van der Waals surface area contributed by atoms with E-state index < -0.39 is 6.10 Å². The van der Waals surface area contributed by atoms with Gasteiger partial charge in [0.15, 0.2) is 6.10 Å². The molecular formula is C25H33N3O3. The molecule has 0 aliphatic carbocycles. The molecule has 0 aromatic heterocycles. The van der Waals surface area contributed by atoms with Crippen LogP contribution in [0.3, 0.4) is 0 Å². The molecule has 0 radical (unpaired) electrons. The maximum atomic E-state index is 12.5. The lowest BCUT2D eigenvalue weighted by Crippen LogP contribution is -2.36. The fourth-order valence-corrected chi connectivity index (χ4v) is 3.51. The number of rotatable bonds is 6. The van der Waals surface area contributed by atoms with E-state index in [1.807, 2.05) is 53.4 Å². The number of nitrogens with one attached hydrogen (secondary N) is 2. The van der Waals surface area contributed by atoms with E-state index in [0.717, 1.165) is 37.2 Å². The lowest BCUT2D eigenvalue weighted by atomic mass is 9.87. The minimum absolute atomic E-state index is 0.0711. The zero-order chi connectivity index (χ0) is 22.4.